The van der Waals surface area contributed by atoms with Crippen molar-refractivity contribution in [3.05, 3.63) is 34.1 Å². The van der Waals surface area contributed by atoms with Gasteiger partial charge in [-0.2, -0.15) is 0 Å². The smallest absolute Gasteiger partial charge is 0.252 e. The van der Waals surface area contributed by atoms with Crippen molar-refractivity contribution in [2.75, 3.05) is 0 Å². The monoisotopic (exact) mass is 365 g/mol. The Kier molecular flexibility index (Phi) is 4.72. The zero-order valence-electron chi connectivity index (χ0n) is 9.85. The van der Waals surface area contributed by atoms with Crippen molar-refractivity contribution in [1.29, 1.82) is 0 Å². The Bertz CT molecular complexity index is 433. The molecule has 0 spiro atoms. The van der Waals surface area contributed by atoms with Gasteiger partial charge in [0.15, 0.2) is 0 Å². The first kappa shape index (κ1) is 14.6. The van der Waals surface area contributed by atoms with Crippen molar-refractivity contribution >= 4 is 37.8 Å². The number of benzene rings is 1. The Morgan fingerprint density at radius 2 is 2.06 bits per heavy atom. The van der Waals surface area contributed by atoms with E-state index < -0.39 is 11.4 Å². The second kappa shape index (κ2) is 5.48. The highest BCUT2D eigenvalue weighted by Gasteiger charge is 2.27. The third kappa shape index (κ3) is 3.52. The molecule has 2 nitrogen and oxygen atoms in total. The summed E-state index contributed by atoms with van der Waals surface area (Å²) in [5, 5.41) is 2.86. The van der Waals surface area contributed by atoms with Crippen LogP contribution in [0.5, 0.6) is 0 Å². The highest BCUT2D eigenvalue weighted by atomic mass is 79.9. The Balaban J connectivity index is 2.95. The number of rotatable bonds is 3. The Morgan fingerprint density at radius 1 is 1.47 bits per heavy atom. The number of carbonyl (C=O) groups excluding carboxylic acids is 1. The maximum absolute atomic E-state index is 13.3. The minimum absolute atomic E-state index is 0.103. The number of halogens is 3. The Labute approximate surface area is 117 Å². The minimum Gasteiger partial charge on any atom is -0.346 e. The van der Waals surface area contributed by atoms with Crippen LogP contribution in [-0.2, 0) is 0 Å². The molecule has 1 N–H and O–H groups in total. The van der Waals surface area contributed by atoms with E-state index in [9.17, 15) is 9.18 Å². The van der Waals surface area contributed by atoms with Gasteiger partial charge in [-0.05, 0) is 41.9 Å². The first-order valence-electron chi connectivity index (χ1n) is 5.16. The van der Waals surface area contributed by atoms with Gasteiger partial charge in [-0.1, -0.05) is 28.9 Å². The van der Waals surface area contributed by atoms with Crippen LogP contribution >= 0.6 is 31.9 Å². The molecule has 1 aromatic carbocycles. The fourth-order valence-electron chi connectivity index (χ4n) is 1.14. The van der Waals surface area contributed by atoms with Gasteiger partial charge in [0, 0.05) is 10.4 Å². The molecule has 94 valence electrons. The summed E-state index contributed by atoms with van der Waals surface area (Å²) in [4.78, 5) is 12.1. The molecule has 1 rings (SSSR count). The van der Waals surface area contributed by atoms with Gasteiger partial charge in [-0.15, -0.1) is 0 Å². The van der Waals surface area contributed by atoms with Crippen LogP contribution in [0.25, 0.3) is 0 Å². The molecule has 0 radical (unpaired) electrons. The van der Waals surface area contributed by atoms with Crippen LogP contribution in [0.2, 0.25) is 0 Å². The third-order valence-electron chi connectivity index (χ3n) is 2.63. The molecule has 5 heteroatoms. The van der Waals surface area contributed by atoms with E-state index in [1.807, 2.05) is 20.8 Å². The molecule has 0 heterocycles. The van der Waals surface area contributed by atoms with Crippen LogP contribution in [0, 0.1) is 5.82 Å². The van der Waals surface area contributed by atoms with Crippen molar-refractivity contribution in [2.24, 2.45) is 0 Å². The summed E-state index contributed by atoms with van der Waals surface area (Å²) in [6.07, 6.45) is 0. The van der Waals surface area contributed by atoms with Crippen molar-refractivity contribution in [3.63, 3.8) is 0 Å². The molecule has 0 fully saturated rings. The maximum atomic E-state index is 13.3. The SMILES string of the molecule is CC(Br)C(C)(C)NC(=O)c1cccc(F)c1Br. The van der Waals surface area contributed by atoms with E-state index >= 15 is 0 Å². The molecule has 1 aromatic rings. The van der Waals surface area contributed by atoms with Gasteiger partial charge < -0.3 is 5.32 Å². The van der Waals surface area contributed by atoms with E-state index in [-0.39, 0.29) is 15.2 Å². The molecular formula is C12H14Br2FNO. The second-order valence-corrected chi connectivity index (χ2v) is 6.56. The lowest BCUT2D eigenvalue weighted by Gasteiger charge is -2.29. The lowest BCUT2D eigenvalue weighted by atomic mass is 10.0. The predicted octanol–water partition coefficient (Wildman–Crippen LogP) is 3.88. The van der Waals surface area contributed by atoms with E-state index in [0.717, 1.165) is 0 Å². The largest absolute Gasteiger partial charge is 0.346 e. The average Bonchev–Trinajstić information content (AvgIpc) is 2.21. The van der Waals surface area contributed by atoms with E-state index in [0.29, 0.717) is 5.56 Å². The summed E-state index contributed by atoms with van der Waals surface area (Å²) in [7, 11) is 0. The lowest BCUT2D eigenvalue weighted by molar-refractivity contribution is 0.0912. The normalized spacial score (nSPS) is 13.3. The van der Waals surface area contributed by atoms with Crippen molar-refractivity contribution in [1.82, 2.24) is 5.32 Å². The average molecular weight is 367 g/mol. The van der Waals surface area contributed by atoms with Crippen LogP contribution in [-0.4, -0.2) is 16.3 Å². The molecule has 0 aliphatic heterocycles. The summed E-state index contributed by atoms with van der Waals surface area (Å²) in [6.45, 7) is 5.75. The fourth-order valence-corrected chi connectivity index (χ4v) is 1.70. The summed E-state index contributed by atoms with van der Waals surface area (Å²) >= 11 is 6.51. The van der Waals surface area contributed by atoms with Crippen LogP contribution in [0.3, 0.4) is 0 Å². The van der Waals surface area contributed by atoms with Gasteiger partial charge in [-0.3, -0.25) is 4.79 Å². The van der Waals surface area contributed by atoms with Gasteiger partial charge in [0.05, 0.1) is 10.0 Å². The summed E-state index contributed by atoms with van der Waals surface area (Å²) in [6, 6.07) is 4.40. The minimum atomic E-state index is -0.442. The highest BCUT2D eigenvalue weighted by Crippen LogP contribution is 2.22. The number of carbonyl (C=O) groups is 1. The van der Waals surface area contributed by atoms with Gasteiger partial charge in [-0.25, -0.2) is 4.39 Å². The summed E-state index contributed by atoms with van der Waals surface area (Å²) < 4.78 is 13.5. The number of amides is 1. The van der Waals surface area contributed by atoms with E-state index in [4.69, 9.17) is 0 Å². The molecule has 0 aliphatic rings. The first-order chi connectivity index (χ1) is 7.75. The van der Waals surface area contributed by atoms with E-state index in [1.54, 1.807) is 6.07 Å². The van der Waals surface area contributed by atoms with Gasteiger partial charge in [0.1, 0.15) is 5.82 Å². The first-order valence-corrected chi connectivity index (χ1v) is 6.87. The van der Waals surface area contributed by atoms with Crippen molar-refractivity contribution < 1.29 is 9.18 Å². The number of hydrogen-bond acceptors (Lipinski definition) is 1. The van der Waals surface area contributed by atoms with Gasteiger partial charge in [0.25, 0.3) is 5.91 Å². The predicted molar refractivity (Wildman–Crippen MR) is 74.0 cm³/mol. The molecule has 0 bridgehead atoms. The Morgan fingerprint density at radius 3 is 2.59 bits per heavy atom. The second-order valence-electron chi connectivity index (χ2n) is 4.39. The van der Waals surface area contributed by atoms with Crippen LogP contribution < -0.4 is 5.32 Å². The number of hydrogen-bond donors (Lipinski definition) is 1. The standard InChI is InChI=1S/C12H14Br2FNO/c1-7(13)12(2,3)16-11(17)8-5-4-6-9(15)10(8)14/h4-7H,1-3H3,(H,16,17). The molecule has 0 saturated heterocycles. The van der Waals surface area contributed by atoms with Crippen LogP contribution in [0.1, 0.15) is 31.1 Å². The lowest BCUT2D eigenvalue weighted by Crippen LogP contribution is -2.48. The number of alkyl halides is 1. The van der Waals surface area contributed by atoms with Crippen LogP contribution in [0.4, 0.5) is 4.39 Å². The maximum Gasteiger partial charge on any atom is 0.252 e. The molecule has 1 atom stereocenters. The van der Waals surface area contributed by atoms with E-state index in [1.165, 1.54) is 12.1 Å². The molecule has 0 aliphatic carbocycles. The Hall–Kier alpha value is -0.420. The summed E-state index contributed by atoms with van der Waals surface area (Å²) in [5.74, 6) is -0.741. The fraction of sp³-hybridized carbons (Fsp3) is 0.417. The zero-order chi connectivity index (χ0) is 13.2. The van der Waals surface area contributed by atoms with E-state index in [2.05, 4.69) is 37.2 Å². The third-order valence-corrected chi connectivity index (χ3v) is 4.58. The molecule has 0 aromatic heterocycles. The molecule has 17 heavy (non-hydrogen) atoms. The van der Waals surface area contributed by atoms with Crippen molar-refractivity contribution in [3.8, 4) is 0 Å². The topological polar surface area (TPSA) is 29.1 Å². The zero-order valence-corrected chi connectivity index (χ0v) is 13.0. The van der Waals surface area contributed by atoms with Crippen LogP contribution in [0.15, 0.2) is 22.7 Å². The molecule has 0 saturated carbocycles. The highest BCUT2D eigenvalue weighted by molar-refractivity contribution is 9.10. The molecule has 1 amide bonds. The molecule has 1 unspecified atom stereocenters. The van der Waals surface area contributed by atoms with Gasteiger partial charge >= 0.3 is 0 Å². The molecular weight excluding hydrogens is 353 g/mol. The summed E-state index contributed by atoms with van der Waals surface area (Å²) in [5.41, 5.74) is -0.116. The van der Waals surface area contributed by atoms with Gasteiger partial charge in [0.2, 0.25) is 0 Å². The number of nitrogens with one attached hydrogen (secondary N) is 1. The quantitative estimate of drug-likeness (QED) is 0.808. The van der Waals surface area contributed by atoms with Crippen molar-refractivity contribution in [2.45, 2.75) is 31.1 Å².